The Morgan fingerprint density at radius 2 is 2.05 bits per heavy atom. The third-order valence-corrected chi connectivity index (χ3v) is 3.53. The van der Waals surface area contributed by atoms with E-state index in [1.54, 1.807) is 19.2 Å². The zero-order valence-electron chi connectivity index (χ0n) is 10.2. The SMILES string of the molecule is CN(C(=O)c1cccs1)c1ccc(C(=O)O)cc1N. The molecule has 5 nitrogen and oxygen atoms in total. The van der Waals surface area contributed by atoms with E-state index in [-0.39, 0.29) is 17.2 Å². The van der Waals surface area contributed by atoms with Crippen molar-refractivity contribution in [3.05, 3.63) is 46.2 Å². The quantitative estimate of drug-likeness (QED) is 0.842. The maximum atomic E-state index is 12.1. The van der Waals surface area contributed by atoms with Crippen molar-refractivity contribution in [2.75, 3.05) is 17.7 Å². The number of nitrogen functional groups attached to an aromatic ring is 1. The van der Waals surface area contributed by atoms with Crippen LogP contribution in [0.3, 0.4) is 0 Å². The summed E-state index contributed by atoms with van der Waals surface area (Å²) in [5, 5.41) is 10.7. The zero-order chi connectivity index (χ0) is 14.0. The lowest BCUT2D eigenvalue weighted by Gasteiger charge is -2.18. The number of carboxylic acids is 1. The summed E-state index contributed by atoms with van der Waals surface area (Å²) < 4.78 is 0. The van der Waals surface area contributed by atoms with E-state index >= 15 is 0 Å². The molecule has 1 heterocycles. The van der Waals surface area contributed by atoms with Crippen molar-refractivity contribution in [1.29, 1.82) is 0 Å². The van der Waals surface area contributed by atoms with E-state index in [0.29, 0.717) is 10.6 Å². The summed E-state index contributed by atoms with van der Waals surface area (Å²) in [4.78, 5) is 25.0. The molecule has 0 aliphatic rings. The van der Waals surface area contributed by atoms with Gasteiger partial charge in [0.15, 0.2) is 0 Å². The Morgan fingerprint density at radius 1 is 1.32 bits per heavy atom. The molecule has 2 aromatic rings. The smallest absolute Gasteiger partial charge is 0.335 e. The van der Waals surface area contributed by atoms with Crippen LogP contribution < -0.4 is 10.6 Å². The molecule has 0 aliphatic carbocycles. The fraction of sp³-hybridized carbons (Fsp3) is 0.0769. The lowest BCUT2D eigenvalue weighted by Crippen LogP contribution is -2.26. The lowest BCUT2D eigenvalue weighted by molar-refractivity contribution is 0.0697. The van der Waals surface area contributed by atoms with Crippen LogP contribution in [0.15, 0.2) is 35.7 Å². The van der Waals surface area contributed by atoms with Gasteiger partial charge in [0.1, 0.15) is 0 Å². The molecule has 0 aliphatic heterocycles. The van der Waals surface area contributed by atoms with Gasteiger partial charge in [0, 0.05) is 7.05 Å². The molecule has 0 spiro atoms. The third-order valence-electron chi connectivity index (χ3n) is 2.67. The molecule has 0 atom stereocenters. The van der Waals surface area contributed by atoms with Crippen molar-refractivity contribution in [1.82, 2.24) is 0 Å². The second kappa shape index (κ2) is 5.11. The first-order valence-electron chi connectivity index (χ1n) is 5.45. The Balaban J connectivity index is 2.32. The summed E-state index contributed by atoms with van der Waals surface area (Å²) in [6.07, 6.45) is 0. The van der Waals surface area contributed by atoms with E-state index in [9.17, 15) is 9.59 Å². The van der Waals surface area contributed by atoms with Crippen LogP contribution in [0, 0.1) is 0 Å². The number of carbonyl (C=O) groups is 2. The molecule has 0 bridgehead atoms. The zero-order valence-corrected chi connectivity index (χ0v) is 11.0. The highest BCUT2D eigenvalue weighted by Crippen LogP contribution is 2.25. The molecule has 6 heteroatoms. The number of nitrogens with zero attached hydrogens (tertiary/aromatic N) is 1. The maximum absolute atomic E-state index is 12.1. The number of carbonyl (C=O) groups excluding carboxylic acids is 1. The topological polar surface area (TPSA) is 83.6 Å². The van der Waals surface area contributed by atoms with Gasteiger partial charge >= 0.3 is 5.97 Å². The van der Waals surface area contributed by atoms with Crippen LogP contribution in [0.5, 0.6) is 0 Å². The number of nitrogens with two attached hydrogens (primary N) is 1. The van der Waals surface area contributed by atoms with Crippen LogP contribution in [0.1, 0.15) is 20.0 Å². The van der Waals surface area contributed by atoms with Gasteiger partial charge in [-0.1, -0.05) is 6.07 Å². The molecule has 0 saturated carbocycles. The van der Waals surface area contributed by atoms with Crippen LogP contribution in [0.4, 0.5) is 11.4 Å². The van der Waals surface area contributed by atoms with Crippen molar-refractivity contribution in [2.24, 2.45) is 0 Å². The van der Waals surface area contributed by atoms with Gasteiger partial charge in [-0.25, -0.2) is 4.79 Å². The minimum absolute atomic E-state index is 0.0956. The van der Waals surface area contributed by atoms with Gasteiger partial charge in [0.05, 0.1) is 21.8 Å². The molecule has 0 radical (unpaired) electrons. The van der Waals surface area contributed by atoms with Gasteiger partial charge in [-0.05, 0) is 29.6 Å². The van der Waals surface area contributed by atoms with Crippen molar-refractivity contribution in [3.63, 3.8) is 0 Å². The Morgan fingerprint density at radius 3 is 2.58 bits per heavy atom. The highest BCUT2D eigenvalue weighted by atomic mass is 32.1. The Bertz CT molecular complexity index is 623. The monoisotopic (exact) mass is 276 g/mol. The van der Waals surface area contributed by atoms with Crippen LogP contribution in [-0.4, -0.2) is 24.0 Å². The van der Waals surface area contributed by atoms with Gasteiger partial charge in [0.25, 0.3) is 5.91 Å². The van der Waals surface area contributed by atoms with Crippen LogP contribution in [0.25, 0.3) is 0 Å². The van der Waals surface area contributed by atoms with Crippen molar-refractivity contribution < 1.29 is 14.7 Å². The predicted molar refractivity (Wildman–Crippen MR) is 74.9 cm³/mol. The number of amides is 1. The van der Waals surface area contributed by atoms with E-state index in [1.165, 1.54) is 34.4 Å². The minimum Gasteiger partial charge on any atom is -0.478 e. The average Bonchev–Trinajstić information content (AvgIpc) is 2.90. The van der Waals surface area contributed by atoms with E-state index in [2.05, 4.69) is 0 Å². The summed E-state index contributed by atoms with van der Waals surface area (Å²) >= 11 is 1.34. The molecule has 98 valence electrons. The molecular formula is C13H12N2O3S. The summed E-state index contributed by atoms with van der Waals surface area (Å²) in [6, 6.07) is 7.82. The van der Waals surface area contributed by atoms with Crippen molar-refractivity contribution in [3.8, 4) is 0 Å². The second-order valence-corrected chi connectivity index (χ2v) is 4.87. The Kier molecular flexibility index (Phi) is 3.52. The fourth-order valence-electron chi connectivity index (χ4n) is 1.67. The normalized spacial score (nSPS) is 10.2. The van der Waals surface area contributed by atoms with Crippen LogP contribution in [-0.2, 0) is 0 Å². The maximum Gasteiger partial charge on any atom is 0.335 e. The number of aromatic carboxylic acids is 1. The highest BCUT2D eigenvalue weighted by Gasteiger charge is 2.17. The molecule has 1 aromatic carbocycles. The van der Waals surface area contributed by atoms with E-state index in [4.69, 9.17) is 10.8 Å². The van der Waals surface area contributed by atoms with Gasteiger partial charge < -0.3 is 15.7 Å². The summed E-state index contributed by atoms with van der Waals surface area (Å²) in [6.45, 7) is 0. The van der Waals surface area contributed by atoms with Crippen molar-refractivity contribution >= 4 is 34.6 Å². The molecule has 0 saturated heterocycles. The van der Waals surface area contributed by atoms with Crippen LogP contribution in [0.2, 0.25) is 0 Å². The van der Waals surface area contributed by atoms with Gasteiger partial charge in [-0.2, -0.15) is 0 Å². The first kappa shape index (κ1) is 13.1. The van der Waals surface area contributed by atoms with Gasteiger partial charge in [-0.15, -0.1) is 11.3 Å². The van der Waals surface area contributed by atoms with E-state index in [0.717, 1.165) is 0 Å². The first-order valence-corrected chi connectivity index (χ1v) is 6.33. The number of benzene rings is 1. The fourth-order valence-corrected chi connectivity index (χ4v) is 2.37. The summed E-state index contributed by atoms with van der Waals surface area (Å²) in [7, 11) is 1.61. The highest BCUT2D eigenvalue weighted by molar-refractivity contribution is 7.12. The molecule has 1 aromatic heterocycles. The largest absolute Gasteiger partial charge is 0.478 e. The number of hydrogen-bond donors (Lipinski definition) is 2. The van der Waals surface area contributed by atoms with Gasteiger partial charge in [0.2, 0.25) is 0 Å². The summed E-state index contributed by atoms with van der Waals surface area (Å²) in [5.41, 5.74) is 6.64. The molecule has 3 N–H and O–H groups in total. The van der Waals surface area contributed by atoms with Gasteiger partial charge in [-0.3, -0.25) is 4.79 Å². The lowest BCUT2D eigenvalue weighted by atomic mass is 10.1. The molecule has 19 heavy (non-hydrogen) atoms. The van der Waals surface area contributed by atoms with E-state index < -0.39 is 5.97 Å². The Labute approximate surface area is 113 Å². The second-order valence-electron chi connectivity index (χ2n) is 3.92. The number of hydrogen-bond acceptors (Lipinski definition) is 4. The number of carboxylic acid groups (broad SMARTS) is 1. The number of rotatable bonds is 3. The average molecular weight is 276 g/mol. The molecule has 0 fully saturated rings. The summed E-state index contributed by atoms with van der Waals surface area (Å²) in [5.74, 6) is -1.23. The molecular weight excluding hydrogens is 264 g/mol. The first-order chi connectivity index (χ1) is 9.00. The predicted octanol–water partition coefficient (Wildman–Crippen LogP) is 2.31. The molecule has 0 unspecified atom stereocenters. The number of thiophene rings is 1. The van der Waals surface area contributed by atoms with E-state index in [1.807, 2.05) is 5.38 Å². The Hall–Kier alpha value is -2.34. The molecule has 1 amide bonds. The molecule has 2 rings (SSSR count). The van der Waals surface area contributed by atoms with Crippen molar-refractivity contribution in [2.45, 2.75) is 0 Å². The number of anilines is 2. The minimum atomic E-state index is -1.05. The standard InChI is InChI=1S/C13H12N2O3S/c1-15(12(16)11-3-2-6-19-11)10-5-4-8(13(17)18)7-9(10)14/h2-7H,14H2,1H3,(H,17,18). The van der Waals surface area contributed by atoms with Crippen LogP contribution >= 0.6 is 11.3 Å². The third kappa shape index (κ3) is 2.58.